The number of nitrogens with one attached hydrogen (secondary N) is 1. The number of benzene rings is 1. The summed E-state index contributed by atoms with van der Waals surface area (Å²) >= 11 is 0. The molecule has 154 valence electrons. The van der Waals surface area contributed by atoms with E-state index in [1.165, 1.54) is 5.56 Å². The number of anilines is 1. The molecule has 0 radical (unpaired) electrons. The highest BCUT2D eigenvalue weighted by molar-refractivity contribution is 5.79. The summed E-state index contributed by atoms with van der Waals surface area (Å²) in [4.78, 5) is 37.3. The van der Waals surface area contributed by atoms with Gasteiger partial charge in [-0.05, 0) is 51.0 Å². The van der Waals surface area contributed by atoms with Crippen LogP contribution in [0, 0.1) is 6.92 Å². The van der Waals surface area contributed by atoms with Crippen molar-refractivity contribution in [2.24, 2.45) is 0 Å². The van der Waals surface area contributed by atoms with E-state index in [2.05, 4.69) is 39.1 Å². The molecule has 1 N–H and O–H groups in total. The molecular formula is C23H30N4O2. The van der Waals surface area contributed by atoms with Crippen molar-refractivity contribution in [3.8, 4) is 0 Å². The average molecular weight is 395 g/mol. The molecule has 2 aliphatic rings. The van der Waals surface area contributed by atoms with Crippen LogP contribution in [0.1, 0.15) is 48.9 Å². The van der Waals surface area contributed by atoms with Gasteiger partial charge >= 0.3 is 0 Å². The maximum absolute atomic E-state index is 13.0. The molecule has 0 spiro atoms. The lowest BCUT2D eigenvalue weighted by Gasteiger charge is -2.25. The van der Waals surface area contributed by atoms with Crippen molar-refractivity contribution in [1.29, 1.82) is 0 Å². The lowest BCUT2D eigenvalue weighted by atomic mass is 10.0. The van der Waals surface area contributed by atoms with Crippen molar-refractivity contribution in [3.63, 3.8) is 0 Å². The first-order chi connectivity index (χ1) is 14.1. The molecule has 1 atom stereocenters. The van der Waals surface area contributed by atoms with Crippen LogP contribution in [-0.4, -0.2) is 46.5 Å². The third kappa shape index (κ3) is 4.52. The number of aryl methyl sites for hydroxylation is 2. The molecule has 0 aliphatic carbocycles. The Bertz CT molecular complexity index is 903. The lowest BCUT2D eigenvalue weighted by Crippen LogP contribution is -2.38. The Kier molecular flexibility index (Phi) is 5.97. The van der Waals surface area contributed by atoms with Crippen LogP contribution in [-0.2, 0) is 17.6 Å². The molecule has 1 aromatic heterocycles. The van der Waals surface area contributed by atoms with E-state index >= 15 is 0 Å². The van der Waals surface area contributed by atoms with Gasteiger partial charge in [0.05, 0.1) is 12.1 Å². The third-order valence-corrected chi connectivity index (χ3v) is 6.25. The van der Waals surface area contributed by atoms with Crippen molar-refractivity contribution in [3.05, 3.63) is 57.5 Å². The van der Waals surface area contributed by atoms with Gasteiger partial charge in [-0.25, -0.2) is 4.98 Å². The molecule has 0 saturated carbocycles. The standard InChI is InChI=1S/C23H30N4O2/c1-17-20(22(29)25-23(24-17)26-13-5-6-14-26)16-21(28)27-15-7-10-19(27)12-11-18-8-3-2-4-9-18/h2-4,8-9,19H,5-7,10-16H2,1H3,(H,24,25,29). The molecule has 2 aliphatic heterocycles. The van der Waals surface area contributed by atoms with Gasteiger partial charge in [0.2, 0.25) is 11.9 Å². The average Bonchev–Trinajstić information content (AvgIpc) is 3.41. The van der Waals surface area contributed by atoms with E-state index in [0.717, 1.165) is 58.2 Å². The van der Waals surface area contributed by atoms with E-state index in [4.69, 9.17) is 0 Å². The number of nitrogens with zero attached hydrogens (tertiary/aromatic N) is 3. The summed E-state index contributed by atoms with van der Waals surface area (Å²) in [6.45, 7) is 4.48. The molecule has 2 aromatic rings. The van der Waals surface area contributed by atoms with Crippen LogP contribution in [0.25, 0.3) is 0 Å². The summed E-state index contributed by atoms with van der Waals surface area (Å²) < 4.78 is 0. The van der Waals surface area contributed by atoms with Crippen LogP contribution in [0.4, 0.5) is 5.95 Å². The zero-order chi connectivity index (χ0) is 20.2. The monoisotopic (exact) mass is 394 g/mol. The highest BCUT2D eigenvalue weighted by atomic mass is 16.2. The molecule has 6 nitrogen and oxygen atoms in total. The van der Waals surface area contributed by atoms with Gasteiger partial charge < -0.3 is 9.80 Å². The Hall–Kier alpha value is -2.63. The fourth-order valence-corrected chi connectivity index (χ4v) is 4.58. The van der Waals surface area contributed by atoms with Crippen molar-refractivity contribution >= 4 is 11.9 Å². The molecule has 3 heterocycles. The van der Waals surface area contributed by atoms with E-state index in [-0.39, 0.29) is 23.9 Å². The van der Waals surface area contributed by atoms with Gasteiger partial charge in [-0.1, -0.05) is 30.3 Å². The minimum Gasteiger partial charge on any atom is -0.342 e. The topological polar surface area (TPSA) is 69.3 Å². The number of hydrogen-bond donors (Lipinski definition) is 1. The number of aromatic nitrogens is 2. The third-order valence-electron chi connectivity index (χ3n) is 6.25. The molecule has 2 saturated heterocycles. The number of amides is 1. The number of carbonyl (C=O) groups excluding carboxylic acids is 1. The Labute approximate surface area is 172 Å². The summed E-state index contributed by atoms with van der Waals surface area (Å²) in [6, 6.07) is 10.7. The smallest absolute Gasteiger partial charge is 0.256 e. The Morgan fingerprint density at radius 1 is 1.14 bits per heavy atom. The first-order valence-corrected chi connectivity index (χ1v) is 10.8. The van der Waals surface area contributed by atoms with E-state index in [9.17, 15) is 9.59 Å². The normalized spacial score (nSPS) is 19.1. The number of carbonyl (C=O) groups is 1. The maximum Gasteiger partial charge on any atom is 0.256 e. The Balaban J connectivity index is 1.42. The maximum atomic E-state index is 13.0. The molecule has 1 amide bonds. The van der Waals surface area contributed by atoms with E-state index in [0.29, 0.717) is 17.2 Å². The fourth-order valence-electron chi connectivity index (χ4n) is 4.58. The largest absolute Gasteiger partial charge is 0.342 e. The zero-order valence-corrected chi connectivity index (χ0v) is 17.2. The minimum atomic E-state index is -0.173. The summed E-state index contributed by atoms with van der Waals surface area (Å²) in [7, 11) is 0. The summed E-state index contributed by atoms with van der Waals surface area (Å²) in [5, 5.41) is 0. The SMILES string of the molecule is Cc1nc(N2CCCC2)[nH]c(=O)c1CC(=O)N1CCCC1CCc1ccccc1. The molecule has 2 fully saturated rings. The van der Waals surface area contributed by atoms with Crippen molar-refractivity contribution < 1.29 is 4.79 Å². The van der Waals surface area contributed by atoms with Crippen molar-refractivity contribution in [2.75, 3.05) is 24.5 Å². The van der Waals surface area contributed by atoms with Crippen LogP contribution >= 0.6 is 0 Å². The second-order valence-electron chi connectivity index (χ2n) is 8.23. The summed E-state index contributed by atoms with van der Waals surface area (Å²) in [6.07, 6.45) is 6.41. The second-order valence-corrected chi connectivity index (χ2v) is 8.23. The Morgan fingerprint density at radius 3 is 2.62 bits per heavy atom. The molecule has 1 unspecified atom stereocenters. The predicted octanol–water partition coefficient (Wildman–Crippen LogP) is 2.84. The van der Waals surface area contributed by atoms with Gasteiger partial charge in [0.15, 0.2) is 0 Å². The van der Waals surface area contributed by atoms with Crippen molar-refractivity contribution in [1.82, 2.24) is 14.9 Å². The van der Waals surface area contributed by atoms with Gasteiger partial charge in [0.25, 0.3) is 5.56 Å². The molecular weight excluding hydrogens is 364 g/mol. The van der Waals surface area contributed by atoms with Gasteiger partial charge in [0, 0.05) is 31.2 Å². The highest BCUT2D eigenvalue weighted by Crippen LogP contribution is 2.23. The first-order valence-electron chi connectivity index (χ1n) is 10.8. The predicted molar refractivity (Wildman–Crippen MR) is 114 cm³/mol. The van der Waals surface area contributed by atoms with E-state index in [1.54, 1.807) is 0 Å². The second kappa shape index (κ2) is 8.80. The highest BCUT2D eigenvalue weighted by Gasteiger charge is 2.29. The van der Waals surface area contributed by atoms with Crippen LogP contribution < -0.4 is 10.5 Å². The van der Waals surface area contributed by atoms with E-state index < -0.39 is 0 Å². The number of H-pyrrole nitrogens is 1. The minimum absolute atomic E-state index is 0.0462. The summed E-state index contributed by atoms with van der Waals surface area (Å²) in [5.41, 5.74) is 2.31. The van der Waals surface area contributed by atoms with Crippen LogP contribution in [0.15, 0.2) is 35.1 Å². The van der Waals surface area contributed by atoms with Crippen LogP contribution in [0.5, 0.6) is 0 Å². The zero-order valence-electron chi connectivity index (χ0n) is 17.2. The first kappa shape index (κ1) is 19.7. The molecule has 1 aromatic carbocycles. The molecule has 6 heteroatoms. The van der Waals surface area contributed by atoms with Gasteiger partial charge in [0.1, 0.15) is 0 Å². The molecule has 29 heavy (non-hydrogen) atoms. The van der Waals surface area contributed by atoms with E-state index in [1.807, 2.05) is 17.9 Å². The molecule has 0 bridgehead atoms. The van der Waals surface area contributed by atoms with Crippen LogP contribution in [0.3, 0.4) is 0 Å². The van der Waals surface area contributed by atoms with Crippen molar-refractivity contribution in [2.45, 2.75) is 57.9 Å². The lowest BCUT2D eigenvalue weighted by molar-refractivity contribution is -0.131. The van der Waals surface area contributed by atoms with Gasteiger partial charge in [-0.3, -0.25) is 14.6 Å². The Morgan fingerprint density at radius 2 is 1.90 bits per heavy atom. The fraction of sp³-hybridized carbons (Fsp3) is 0.522. The van der Waals surface area contributed by atoms with Gasteiger partial charge in [-0.2, -0.15) is 0 Å². The van der Waals surface area contributed by atoms with Crippen LogP contribution in [0.2, 0.25) is 0 Å². The number of hydrogen-bond acceptors (Lipinski definition) is 4. The number of rotatable bonds is 6. The quantitative estimate of drug-likeness (QED) is 0.818. The number of likely N-dealkylation sites (tertiary alicyclic amines) is 1. The number of aromatic amines is 1. The molecule has 4 rings (SSSR count). The van der Waals surface area contributed by atoms with Gasteiger partial charge in [-0.15, -0.1) is 0 Å². The summed E-state index contributed by atoms with van der Waals surface area (Å²) in [5.74, 6) is 0.688.